The van der Waals surface area contributed by atoms with E-state index in [0.29, 0.717) is 10.9 Å². The molecule has 0 aliphatic heterocycles. The molecule has 1 unspecified atom stereocenters. The first-order valence-electron chi connectivity index (χ1n) is 14.7. The third-order valence-corrected chi connectivity index (χ3v) is 8.30. The second-order valence-corrected chi connectivity index (χ2v) is 11.7. The lowest BCUT2D eigenvalue weighted by Crippen LogP contribution is -2.36. The quantitative estimate of drug-likeness (QED) is 0.0673. The Bertz CT molecular complexity index is 1510. The van der Waals surface area contributed by atoms with Gasteiger partial charge in [0.05, 0.1) is 6.54 Å². The minimum atomic E-state index is -1.71. The van der Waals surface area contributed by atoms with Crippen molar-refractivity contribution in [3.63, 3.8) is 0 Å². The number of nitro groups is 1. The van der Waals surface area contributed by atoms with Gasteiger partial charge in [-0.15, -0.1) is 0 Å². The molecule has 3 aromatic rings. The average molecular weight is 651 g/mol. The van der Waals surface area contributed by atoms with Gasteiger partial charge in [-0.1, -0.05) is 79.5 Å². The fourth-order valence-corrected chi connectivity index (χ4v) is 5.68. The molecule has 1 saturated carbocycles. The van der Waals surface area contributed by atoms with Crippen molar-refractivity contribution < 1.29 is 24.7 Å². The molecule has 236 valence electrons. The minimum Gasteiger partial charge on any atom is -0.479 e. The second kappa shape index (κ2) is 16.2. The number of rotatable bonds is 13. The number of aliphatic hydroxyl groups excluding tert-OH is 1. The number of nitrogens with zero attached hydrogens (tertiary/aromatic N) is 3. The highest BCUT2D eigenvalue weighted by atomic mass is 35.5. The van der Waals surface area contributed by atoms with Crippen LogP contribution in [0.5, 0.6) is 0 Å². The van der Waals surface area contributed by atoms with Crippen molar-refractivity contribution in [3.8, 4) is 0 Å². The summed E-state index contributed by atoms with van der Waals surface area (Å²) in [6.07, 6.45) is 4.23. The Morgan fingerprint density at radius 3 is 2.27 bits per heavy atom. The molecule has 0 heterocycles. The van der Waals surface area contributed by atoms with Crippen LogP contribution in [-0.4, -0.2) is 57.4 Å². The van der Waals surface area contributed by atoms with Crippen LogP contribution in [0.25, 0.3) is 0 Å². The Morgan fingerprint density at radius 1 is 1.04 bits per heavy atom. The lowest BCUT2D eigenvalue weighted by molar-refractivity contribution is -0.463. The number of nitrogens with one attached hydrogen (secondary N) is 1. The van der Waals surface area contributed by atoms with E-state index in [1.165, 1.54) is 30.2 Å². The number of benzene rings is 3. The minimum absolute atomic E-state index is 0.205. The van der Waals surface area contributed by atoms with E-state index in [1.807, 2.05) is 12.1 Å². The standard InChI is InChI=1S/C33H35ClN4O6S/c34-27-14-10-25(11-15-27)29(21-45)36-31(20-38(43)44)37(28-16-12-24(13-17-28)23-4-2-1-3-5-23)19-22-6-8-26(9-7-22)32(40)35-18-30(39)33(41)42/h6-17,21,23,29-30,39H,1-5,18-20H2,(H,35,40)(H,41,42)/t29?,30-/m1/s1. The van der Waals surface area contributed by atoms with Gasteiger partial charge in [-0.05, 0) is 71.8 Å². The Hall–Kier alpha value is -4.19. The molecular formula is C33H35ClN4O6S. The molecule has 1 fully saturated rings. The van der Waals surface area contributed by atoms with Gasteiger partial charge in [0.1, 0.15) is 6.04 Å². The summed E-state index contributed by atoms with van der Waals surface area (Å²) in [6.45, 7) is -0.778. The summed E-state index contributed by atoms with van der Waals surface area (Å²) in [5.74, 6) is -1.28. The Morgan fingerprint density at radius 2 is 1.69 bits per heavy atom. The summed E-state index contributed by atoms with van der Waals surface area (Å²) in [6, 6.07) is 21.0. The third kappa shape index (κ3) is 9.65. The van der Waals surface area contributed by atoms with E-state index in [9.17, 15) is 24.8 Å². The molecule has 3 N–H and O–H groups in total. The van der Waals surface area contributed by atoms with E-state index in [0.717, 1.165) is 29.7 Å². The molecular weight excluding hydrogens is 616 g/mol. The molecule has 10 nitrogen and oxygen atoms in total. The Labute approximate surface area is 271 Å². The first-order chi connectivity index (χ1) is 21.6. The van der Waals surface area contributed by atoms with Crippen molar-refractivity contribution >= 4 is 52.6 Å². The number of carbonyl (C=O) groups excluding carboxylic acids is 1. The van der Waals surface area contributed by atoms with Crippen LogP contribution >= 0.6 is 23.8 Å². The zero-order chi connectivity index (χ0) is 32.3. The number of carboxylic acids is 1. The van der Waals surface area contributed by atoms with Gasteiger partial charge < -0.3 is 20.4 Å². The van der Waals surface area contributed by atoms with E-state index in [4.69, 9.17) is 33.9 Å². The zero-order valence-corrected chi connectivity index (χ0v) is 26.1. The normalized spacial score (nSPS) is 15.1. The number of amides is 1. The van der Waals surface area contributed by atoms with Gasteiger partial charge in [0, 0.05) is 33.1 Å². The molecule has 0 saturated heterocycles. The van der Waals surface area contributed by atoms with Gasteiger partial charge in [0.15, 0.2) is 11.9 Å². The first kappa shape index (κ1) is 33.7. The maximum Gasteiger partial charge on any atom is 0.334 e. The van der Waals surface area contributed by atoms with Gasteiger partial charge in [0.25, 0.3) is 12.5 Å². The zero-order valence-electron chi connectivity index (χ0n) is 24.5. The molecule has 3 aromatic carbocycles. The number of thiocarbonyl (C=S) groups is 1. The largest absolute Gasteiger partial charge is 0.479 e. The fraction of sp³-hybridized carbons (Fsp3) is 0.333. The van der Waals surface area contributed by atoms with Crippen LogP contribution in [-0.2, 0) is 11.3 Å². The van der Waals surface area contributed by atoms with Crippen molar-refractivity contribution in [3.05, 3.63) is 110 Å². The van der Waals surface area contributed by atoms with Crippen molar-refractivity contribution in [2.45, 2.75) is 56.7 Å². The van der Waals surface area contributed by atoms with Crippen LogP contribution in [0.1, 0.15) is 71.1 Å². The molecule has 1 amide bonds. The van der Waals surface area contributed by atoms with Gasteiger partial charge >= 0.3 is 5.97 Å². The number of carboxylic acid groups (broad SMARTS) is 1. The maximum absolute atomic E-state index is 12.5. The number of anilines is 1. The fourth-order valence-electron chi connectivity index (χ4n) is 5.33. The molecule has 12 heteroatoms. The van der Waals surface area contributed by atoms with Crippen molar-refractivity contribution in [2.24, 2.45) is 4.99 Å². The van der Waals surface area contributed by atoms with Crippen molar-refractivity contribution in [2.75, 3.05) is 18.0 Å². The molecule has 1 aliphatic carbocycles. The Balaban J connectivity index is 1.67. The van der Waals surface area contributed by atoms with Crippen molar-refractivity contribution in [1.82, 2.24) is 5.32 Å². The molecule has 2 atom stereocenters. The number of aliphatic hydroxyl groups is 1. The molecule has 0 aromatic heterocycles. The van der Waals surface area contributed by atoms with E-state index < -0.39 is 42.0 Å². The van der Waals surface area contributed by atoms with Crippen LogP contribution < -0.4 is 10.2 Å². The molecule has 0 spiro atoms. The summed E-state index contributed by atoms with van der Waals surface area (Å²) < 4.78 is 0. The summed E-state index contributed by atoms with van der Waals surface area (Å²) in [5.41, 5.74) is 3.72. The number of halogens is 1. The lowest BCUT2D eigenvalue weighted by atomic mass is 9.84. The number of amidine groups is 1. The van der Waals surface area contributed by atoms with Crippen LogP contribution in [0.4, 0.5) is 5.69 Å². The van der Waals surface area contributed by atoms with E-state index in [2.05, 4.69) is 17.4 Å². The summed E-state index contributed by atoms with van der Waals surface area (Å²) in [5, 5.41) is 34.6. The van der Waals surface area contributed by atoms with Gasteiger partial charge in [-0.25, -0.2) is 4.79 Å². The molecule has 4 rings (SSSR count). The predicted octanol–water partition coefficient (Wildman–Crippen LogP) is 5.99. The van der Waals surface area contributed by atoms with Gasteiger partial charge in [-0.2, -0.15) is 0 Å². The van der Waals surface area contributed by atoms with Crippen LogP contribution in [0.15, 0.2) is 77.8 Å². The highest BCUT2D eigenvalue weighted by Crippen LogP contribution is 2.34. The third-order valence-electron chi connectivity index (χ3n) is 7.79. The summed E-state index contributed by atoms with van der Waals surface area (Å²) >= 11 is 11.4. The number of carbonyl (C=O) groups is 2. The van der Waals surface area contributed by atoms with Gasteiger partial charge in [-0.3, -0.25) is 19.9 Å². The van der Waals surface area contributed by atoms with E-state index >= 15 is 0 Å². The highest BCUT2D eigenvalue weighted by molar-refractivity contribution is 7.79. The molecule has 45 heavy (non-hydrogen) atoms. The predicted molar refractivity (Wildman–Crippen MR) is 178 cm³/mol. The molecule has 0 radical (unpaired) electrons. The highest BCUT2D eigenvalue weighted by Gasteiger charge is 2.23. The van der Waals surface area contributed by atoms with Gasteiger partial charge in [0.2, 0.25) is 0 Å². The average Bonchev–Trinajstić information content (AvgIpc) is 3.05. The van der Waals surface area contributed by atoms with E-state index in [-0.39, 0.29) is 17.9 Å². The van der Waals surface area contributed by atoms with Crippen LogP contribution in [0.3, 0.4) is 0 Å². The number of aliphatic carboxylic acids is 1. The van der Waals surface area contributed by atoms with Crippen LogP contribution in [0, 0.1) is 10.1 Å². The van der Waals surface area contributed by atoms with Crippen LogP contribution in [0.2, 0.25) is 5.02 Å². The second-order valence-electron chi connectivity index (χ2n) is 10.9. The lowest BCUT2D eigenvalue weighted by Gasteiger charge is -2.27. The van der Waals surface area contributed by atoms with E-state index in [1.54, 1.807) is 53.4 Å². The monoisotopic (exact) mass is 650 g/mol. The number of hydrogen-bond acceptors (Lipinski definition) is 7. The topological polar surface area (TPSA) is 145 Å². The smallest absolute Gasteiger partial charge is 0.334 e. The SMILES string of the molecule is O=C(NC[C@@H](O)C(=O)O)c1ccc(CN(C(C[N+](=O)[O-])=NC(C=S)c2ccc(Cl)cc2)c2ccc(C3CCCCC3)cc2)cc1. The molecule has 0 bridgehead atoms. The number of hydrogen-bond donors (Lipinski definition) is 3. The maximum atomic E-state index is 12.5. The Kier molecular flexibility index (Phi) is 12.1. The molecule has 1 aliphatic rings. The number of aliphatic imine (C=N–C) groups is 1. The first-order valence-corrected chi connectivity index (χ1v) is 15.5. The van der Waals surface area contributed by atoms with Crippen molar-refractivity contribution in [1.29, 1.82) is 0 Å². The summed E-state index contributed by atoms with van der Waals surface area (Å²) in [7, 11) is 0. The summed E-state index contributed by atoms with van der Waals surface area (Å²) in [4.78, 5) is 41.4.